The van der Waals surface area contributed by atoms with E-state index in [-0.39, 0.29) is 12.5 Å². The summed E-state index contributed by atoms with van der Waals surface area (Å²) in [6.45, 7) is 1.28. The Morgan fingerprint density at radius 1 is 1.04 bits per heavy atom. The van der Waals surface area contributed by atoms with E-state index in [0.29, 0.717) is 5.56 Å². The second-order valence-electron chi connectivity index (χ2n) is 5.67. The molecule has 0 saturated carbocycles. The fourth-order valence-electron chi connectivity index (χ4n) is 2.65. The van der Waals surface area contributed by atoms with Crippen molar-refractivity contribution in [3.63, 3.8) is 0 Å². The molecule has 0 atom stereocenters. The second kappa shape index (κ2) is 7.67. The zero-order valence-corrected chi connectivity index (χ0v) is 13.3. The van der Waals surface area contributed by atoms with Crippen LogP contribution in [0.2, 0.25) is 0 Å². The number of nitrogens with zero attached hydrogens (tertiary/aromatic N) is 5. The fraction of sp³-hybridized carbons (Fsp3) is 0.438. The van der Waals surface area contributed by atoms with Crippen LogP contribution in [0.4, 0.5) is 0 Å². The van der Waals surface area contributed by atoms with E-state index >= 15 is 0 Å². The van der Waals surface area contributed by atoms with Crippen molar-refractivity contribution in [1.82, 2.24) is 25.1 Å². The Hall–Kier alpha value is -2.77. The highest BCUT2D eigenvalue weighted by Crippen LogP contribution is 2.11. The number of amides is 1. The second-order valence-corrected chi connectivity index (χ2v) is 5.67. The minimum Gasteiger partial charge on any atom is -0.452 e. The predicted molar refractivity (Wildman–Crippen MR) is 84.5 cm³/mol. The zero-order chi connectivity index (χ0) is 16.8. The van der Waals surface area contributed by atoms with Gasteiger partial charge in [0, 0.05) is 13.1 Å². The van der Waals surface area contributed by atoms with Crippen LogP contribution in [0.25, 0.3) is 5.69 Å². The number of carbonyl (C=O) groups excluding carboxylic acids is 2. The first kappa shape index (κ1) is 16.1. The third-order valence-corrected chi connectivity index (χ3v) is 4.00. The van der Waals surface area contributed by atoms with Gasteiger partial charge in [0.1, 0.15) is 6.33 Å². The Labute approximate surface area is 139 Å². The molecule has 8 heteroatoms. The molecule has 1 aromatic heterocycles. The average molecular weight is 329 g/mol. The molecule has 0 radical (unpaired) electrons. The van der Waals surface area contributed by atoms with E-state index < -0.39 is 5.97 Å². The molecular formula is C16H19N5O3. The number of carbonyl (C=O) groups is 2. The van der Waals surface area contributed by atoms with Crippen molar-refractivity contribution in [1.29, 1.82) is 0 Å². The van der Waals surface area contributed by atoms with Crippen LogP contribution < -0.4 is 0 Å². The fourth-order valence-corrected chi connectivity index (χ4v) is 2.65. The molecule has 1 aromatic carbocycles. The number of hydrogen-bond acceptors (Lipinski definition) is 6. The van der Waals surface area contributed by atoms with Crippen molar-refractivity contribution in [2.75, 3.05) is 19.7 Å². The first-order valence-electron chi connectivity index (χ1n) is 8.02. The molecule has 2 heterocycles. The van der Waals surface area contributed by atoms with Crippen molar-refractivity contribution in [2.45, 2.75) is 25.7 Å². The van der Waals surface area contributed by atoms with Gasteiger partial charge in [-0.25, -0.2) is 9.48 Å². The normalized spacial score (nSPS) is 14.9. The van der Waals surface area contributed by atoms with E-state index in [4.69, 9.17) is 4.74 Å². The molecule has 8 nitrogen and oxygen atoms in total. The van der Waals surface area contributed by atoms with Gasteiger partial charge in [-0.1, -0.05) is 12.8 Å². The Balaban J connectivity index is 1.54. The lowest BCUT2D eigenvalue weighted by Crippen LogP contribution is -2.35. The van der Waals surface area contributed by atoms with Crippen LogP contribution >= 0.6 is 0 Å². The lowest BCUT2D eigenvalue weighted by molar-refractivity contribution is -0.134. The topological polar surface area (TPSA) is 90.2 Å². The molecule has 1 fully saturated rings. The standard InChI is InChI=1S/C16H19N5O3/c22-15(20-9-3-1-2-4-10-20)11-24-16(23)13-5-7-14(8-6-13)21-12-17-18-19-21/h5-8,12H,1-4,9-11H2. The molecule has 0 N–H and O–H groups in total. The first-order valence-corrected chi connectivity index (χ1v) is 8.02. The lowest BCUT2D eigenvalue weighted by atomic mass is 10.2. The molecule has 24 heavy (non-hydrogen) atoms. The van der Waals surface area contributed by atoms with Gasteiger partial charge in [0.05, 0.1) is 11.3 Å². The molecule has 1 saturated heterocycles. The van der Waals surface area contributed by atoms with Gasteiger partial charge in [-0.2, -0.15) is 0 Å². The van der Waals surface area contributed by atoms with E-state index in [2.05, 4.69) is 15.5 Å². The first-order chi connectivity index (χ1) is 11.7. The number of aromatic nitrogens is 4. The van der Waals surface area contributed by atoms with Gasteiger partial charge in [0.2, 0.25) is 0 Å². The molecule has 0 bridgehead atoms. The van der Waals surface area contributed by atoms with E-state index in [1.807, 2.05) is 0 Å². The summed E-state index contributed by atoms with van der Waals surface area (Å²) < 4.78 is 6.62. The number of ether oxygens (including phenoxy) is 1. The van der Waals surface area contributed by atoms with Crippen LogP contribution in [0.5, 0.6) is 0 Å². The SMILES string of the molecule is O=C(OCC(=O)N1CCCCCC1)c1ccc(-n2cnnn2)cc1. The van der Waals surface area contributed by atoms with Crippen molar-refractivity contribution in [3.05, 3.63) is 36.2 Å². The maximum atomic E-state index is 12.1. The lowest BCUT2D eigenvalue weighted by Gasteiger charge is -2.19. The minimum atomic E-state index is -0.513. The molecule has 126 valence electrons. The number of benzene rings is 1. The summed E-state index contributed by atoms with van der Waals surface area (Å²) in [5.41, 5.74) is 1.12. The van der Waals surface area contributed by atoms with Crippen LogP contribution in [0, 0.1) is 0 Å². The van der Waals surface area contributed by atoms with Crippen molar-refractivity contribution < 1.29 is 14.3 Å². The van der Waals surface area contributed by atoms with E-state index in [1.54, 1.807) is 29.2 Å². The summed E-state index contributed by atoms with van der Waals surface area (Å²) in [5.74, 6) is -0.642. The van der Waals surface area contributed by atoms with Gasteiger partial charge in [0.25, 0.3) is 5.91 Å². The minimum absolute atomic E-state index is 0.129. The molecule has 2 aromatic rings. The van der Waals surface area contributed by atoms with Crippen LogP contribution in [0.1, 0.15) is 36.0 Å². The zero-order valence-electron chi connectivity index (χ0n) is 13.3. The summed E-state index contributed by atoms with van der Waals surface area (Å²) in [6.07, 6.45) is 5.79. The monoisotopic (exact) mass is 329 g/mol. The summed E-state index contributed by atoms with van der Waals surface area (Å²) >= 11 is 0. The predicted octanol–water partition coefficient (Wildman–Crippen LogP) is 1.22. The number of hydrogen-bond donors (Lipinski definition) is 0. The Bertz CT molecular complexity index is 676. The van der Waals surface area contributed by atoms with Crippen LogP contribution in [-0.2, 0) is 9.53 Å². The Kier molecular flexibility index (Phi) is 5.15. The van der Waals surface area contributed by atoms with Gasteiger partial charge in [0.15, 0.2) is 6.61 Å². The molecule has 1 aliphatic rings. The van der Waals surface area contributed by atoms with Crippen molar-refractivity contribution in [2.24, 2.45) is 0 Å². The molecule has 0 spiro atoms. The van der Waals surface area contributed by atoms with Gasteiger partial charge in [-0.15, -0.1) is 5.10 Å². The van der Waals surface area contributed by atoms with Gasteiger partial charge in [-0.3, -0.25) is 4.79 Å². The third-order valence-electron chi connectivity index (χ3n) is 4.00. The van der Waals surface area contributed by atoms with E-state index in [9.17, 15) is 9.59 Å². The smallest absolute Gasteiger partial charge is 0.338 e. The molecule has 0 unspecified atom stereocenters. The molecular weight excluding hydrogens is 310 g/mol. The summed E-state index contributed by atoms with van der Waals surface area (Å²) in [5, 5.41) is 10.9. The Morgan fingerprint density at radius 2 is 1.75 bits per heavy atom. The molecule has 1 amide bonds. The van der Waals surface area contributed by atoms with Gasteiger partial charge >= 0.3 is 5.97 Å². The van der Waals surface area contributed by atoms with Gasteiger partial charge in [-0.05, 0) is 47.5 Å². The number of tetrazole rings is 1. The van der Waals surface area contributed by atoms with Crippen LogP contribution in [-0.4, -0.2) is 56.7 Å². The highest BCUT2D eigenvalue weighted by Gasteiger charge is 2.17. The highest BCUT2D eigenvalue weighted by atomic mass is 16.5. The third kappa shape index (κ3) is 3.95. The van der Waals surface area contributed by atoms with Crippen molar-refractivity contribution >= 4 is 11.9 Å². The molecule has 3 rings (SSSR count). The molecule has 1 aliphatic heterocycles. The largest absolute Gasteiger partial charge is 0.452 e. The highest BCUT2D eigenvalue weighted by molar-refractivity contribution is 5.91. The number of esters is 1. The number of rotatable bonds is 4. The summed E-state index contributed by atoms with van der Waals surface area (Å²) in [4.78, 5) is 26.0. The maximum absolute atomic E-state index is 12.1. The average Bonchev–Trinajstić information content (AvgIpc) is 3.02. The van der Waals surface area contributed by atoms with E-state index in [0.717, 1.165) is 44.5 Å². The summed E-state index contributed by atoms with van der Waals surface area (Å²) in [7, 11) is 0. The maximum Gasteiger partial charge on any atom is 0.338 e. The summed E-state index contributed by atoms with van der Waals surface area (Å²) in [6, 6.07) is 6.67. The van der Waals surface area contributed by atoms with Crippen molar-refractivity contribution in [3.8, 4) is 5.69 Å². The molecule has 0 aliphatic carbocycles. The van der Waals surface area contributed by atoms with E-state index in [1.165, 1.54) is 11.0 Å². The van der Waals surface area contributed by atoms with Crippen LogP contribution in [0.15, 0.2) is 30.6 Å². The Morgan fingerprint density at radius 3 is 2.38 bits per heavy atom. The number of likely N-dealkylation sites (tertiary alicyclic amines) is 1. The van der Waals surface area contributed by atoms with Crippen LogP contribution in [0.3, 0.4) is 0 Å². The van der Waals surface area contributed by atoms with Gasteiger partial charge < -0.3 is 9.64 Å². The quantitative estimate of drug-likeness (QED) is 0.784.